The van der Waals surface area contributed by atoms with Gasteiger partial charge in [-0.05, 0) is 23.3 Å². The van der Waals surface area contributed by atoms with Crippen molar-refractivity contribution >= 4 is 16.9 Å². The van der Waals surface area contributed by atoms with Crippen LogP contribution in [0.3, 0.4) is 0 Å². The summed E-state index contributed by atoms with van der Waals surface area (Å²) >= 11 is 0. The van der Waals surface area contributed by atoms with Gasteiger partial charge in [-0.2, -0.15) is 0 Å². The smallest absolute Gasteiger partial charge is 0.273 e. The predicted molar refractivity (Wildman–Crippen MR) is 122 cm³/mol. The van der Waals surface area contributed by atoms with Gasteiger partial charge in [0.2, 0.25) is 0 Å². The van der Waals surface area contributed by atoms with Gasteiger partial charge < -0.3 is 10.3 Å². The number of carbonyl (C=O) groups excluding carboxylic acids is 1. The van der Waals surface area contributed by atoms with Crippen molar-refractivity contribution in [2.45, 2.75) is 12.5 Å². The number of hydrogen-bond donors (Lipinski definition) is 2. The molecule has 2 heterocycles. The standard InChI is InChI=1S/C25H22N6O/c32-25(26-16-15-23-27-20-13-7-8-14-21(20)28-23)22-17-31(30-29-22)24(18-9-3-1-4-10-18)19-11-5-2-6-12-19/h1-14,17,24H,15-16H2,(H,26,32)(H,27,28). The maximum Gasteiger partial charge on any atom is 0.273 e. The van der Waals surface area contributed by atoms with Crippen LogP contribution in [0.15, 0.2) is 91.1 Å². The van der Waals surface area contributed by atoms with E-state index >= 15 is 0 Å². The highest BCUT2D eigenvalue weighted by Crippen LogP contribution is 2.25. The zero-order chi connectivity index (χ0) is 21.8. The first kappa shape index (κ1) is 19.7. The molecule has 5 rings (SSSR count). The van der Waals surface area contributed by atoms with Crippen molar-refractivity contribution in [3.63, 3.8) is 0 Å². The molecule has 2 aromatic heterocycles. The van der Waals surface area contributed by atoms with Crippen LogP contribution >= 0.6 is 0 Å². The lowest BCUT2D eigenvalue weighted by atomic mass is 9.99. The van der Waals surface area contributed by atoms with Gasteiger partial charge >= 0.3 is 0 Å². The summed E-state index contributed by atoms with van der Waals surface area (Å²) in [5.41, 5.74) is 4.33. The van der Waals surface area contributed by atoms with E-state index in [2.05, 4.69) is 25.6 Å². The molecule has 0 bridgehead atoms. The zero-order valence-electron chi connectivity index (χ0n) is 17.3. The van der Waals surface area contributed by atoms with Crippen LogP contribution in [-0.4, -0.2) is 37.4 Å². The number of fused-ring (bicyclic) bond motifs is 1. The summed E-state index contributed by atoms with van der Waals surface area (Å²) in [4.78, 5) is 20.5. The maximum absolute atomic E-state index is 12.7. The fourth-order valence-electron chi connectivity index (χ4n) is 3.78. The summed E-state index contributed by atoms with van der Waals surface area (Å²) in [5.74, 6) is 0.579. The third kappa shape index (κ3) is 4.13. The first-order chi connectivity index (χ1) is 15.8. The minimum absolute atomic E-state index is 0.165. The largest absolute Gasteiger partial charge is 0.350 e. The number of imidazole rings is 1. The van der Waals surface area contributed by atoms with Crippen LogP contribution in [0.5, 0.6) is 0 Å². The molecule has 158 valence electrons. The predicted octanol–water partition coefficient (Wildman–Crippen LogP) is 3.76. The number of carbonyl (C=O) groups is 1. The molecule has 0 saturated heterocycles. The number of nitrogens with zero attached hydrogens (tertiary/aromatic N) is 4. The van der Waals surface area contributed by atoms with Crippen LogP contribution in [0.25, 0.3) is 11.0 Å². The molecule has 0 atom stereocenters. The molecule has 0 unspecified atom stereocenters. The van der Waals surface area contributed by atoms with E-state index in [-0.39, 0.29) is 17.6 Å². The van der Waals surface area contributed by atoms with E-state index in [4.69, 9.17) is 0 Å². The zero-order valence-corrected chi connectivity index (χ0v) is 17.3. The minimum atomic E-state index is -0.257. The van der Waals surface area contributed by atoms with Gasteiger partial charge in [0, 0.05) is 13.0 Å². The number of para-hydroxylation sites is 2. The van der Waals surface area contributed by atoms with Crippen molar-refractivity contribution in [1.29, 1.82) is 0 Å². The molecule has 5 aromatic rings. The molecule has 2 N–H and O–H groups in total. The number of hydrogen-bond acceptors (Lipinski definition) is 4. The first-order valence-corrected chi connectivity index (χ1v) is 10.5. The summed E-state index contributed by atoms with van der Waals surface area (Å²) in [6, 6.07) is 27.8. The van der Waals surface area contributed by atoms with Crippen LogP contribution in [0.1, 0.15) is 33.5 Å². The number of benzene rings is 3. The van der Waals surface area contributed by atoms with Gasteiger partial charge in [-0.15, -0.1) is 5.10 Å². The number of aromatic amines is 1. The normalized spacial score (nSPS) is 11.2. The first-order valence-electron chi connectivity index (χ1n) is 10.5. The fourth-order valence-corrected chi connectivity index (χ4v) is 3.78. The lowest BCUT2D eigenvalue weighted by molar-refractivity contribution is 0.0949. The van der Waals surface area contributed by atoms with E-state index in [9.17, 15) is 4.79 Å². The Labute approximate surface area is 185 Å². The molecule has 1 amide bonds. The van der Waals surface area contributed by atoms with E-state index in [1.165, 1.54) is 0 Å². The third-order valence-corrected chi connectivity index (χ3v) is 5.32. The Bertz CT molecular complexity index is 1250. The monoisotopic (exact) mass is 422 g/mol. The molecule has 0 saturated carbocycles. The molecule has 0 aliphatic heterocycles. The Kier molecular flexibility index (Phi) is 5.45. The molecular formula is C25H22N6O. The molecule has 0 aliphatic carbocycles. The van der Waals surface area contributed by atoms with E-state index in [0.29, 0.717) is 13.0 Å². The molecule has 0 radical (unpaired) electrons. The van der Waals surface area contributed by atoms with Crippen LogP contribution < -0.4 is 5.32 Å². The van der Waals surface area contributed by atoms with Crippen LogP contribution in [0, 0.1) is 0 Å². The molecule has 7 heteroatoms. The summed E-state index contributed by atoms with van der Waals surface area (Å²) in [6.07, 6.45) is 2.30. The number of H-pyrrole nitrogens is 1. The Hall–Kier alpha value is -4.26. The SMILES string of the molecule is O=C(NCCc1nc2ccccc2[nH]1)c1cn(C(c2ccccc2)c2ccccc2)nn1. The van der Waals surface area contributed by atoms with Crippen molar-refractivity contribution in [3.8, 4) is 0 Å². The second-order valence-corrected chi connectivity index (χ2v) is 7.51. The highest BCUT2D eigenvalue weighted by Gasteiger charge is 2.20. The lowest BCUT2D eigenvalue weighted by Crippen LogP contribution is -2.26. The van der Waals surface area contributed by atoms with Crippen molar-refractivity contribution in [1.82, 2.24) is 30.3 Å². The number of amides is 1. The summed E-state index contributed by atoms with van der Waals surface area (Å²) in [6.45, 7) is 0.451. The molecule has 0 fully saturated rings. The van der Waals surface area contributed by atoms with Crippen molar-refractivity contribution in [2.75, 3.05) is 6.54 Å². The molecular weight excluding hydrogens is 400 g/mol. The molecule has 7 nitrogen and oxygen atoms in total. The van der Waals surface area contributed by atoms with Gasteiger partial charge in [-0.3, -0.25) is 4.79 Å². The van der Waals surface area contributed by atoms with Crippen molar-refractivity contribution in [3.05, 3.63) is 114 Å². The second-order valence-electron chi connectivity index (χ2n) is 7.51. The van der Waals surface area contributed by atoms with Gasteiger partial charge in [0.15, 0.2) is 5.69 Å². The number of rotatable bonds is 7. The van der Waals surface area contributed by atoms with E-state index in [0.717, 1.165) is 28.0 Å². The third-order valence-electron chi connectivity index (χ3n) is 5.32. The van der Waals surface area contributed by atoms with E-state index < -0.39 is 0 Å². The van der Waals surface area contributed by atoms with Crippen LogP contribution in [-0.2, 0) is 6.42 Å². The molecule has 3 aromatic carbocycles. The Balaban J connectivity index is 1.29. The number of aromatic nitrogens is 5. The number of nitrogens with one attached hydrogen (secondary N) is 2. The van der Waals surface area contributed by atoms with Gasteiger partial charge in [0.1, 0.15) is 11.9 Å². The highest BCUT2D eigenvalue weighted by atomic mass is 16.2. The Morgan fingerprint density at radius 1 is 0.906 bits per heavy atom. The lowest BCUT2D eigenvalue weighted by Gasteiger charge is -2.17. The molecule has 0 aliphatic rings. The highest BCUT2D eigenvalue weighted by molar-refractivity contribution is 5.91. The average molecular weight is 422 g/mol. The molecule has 32 heavy (non-hydrogen) atoms. The van der Waals surface area contributed by atoms with Gasteiger partial charge in [0.25, 0.3) is 5.91 Å². The summed E-state index contributed by atoms with van der Waals surface area (Å²) in [5, 5.41) is 11.3. The Morgan fingerprint density at radius 3 is 2.25 bits per heavy atom. The van der Waals surface area contributed by atoms with Gasteiger partial charge in [-0.1, -0.05) is 78.0 Å². The minimum Gasteiger partial charge on any atom is -0.350 e. The van der Waals surface area contributed by atoms with Gasteiger partial charge in [0.05, 0.1) is 17.2 Å². The van der Waals surface area contributed by atoms with E-state index in [1.807, 2.05) is 84.9 Å². The molecule has 0 spiro atoms. The van der Waals surface area contributed by atoms with Crippen molar-refractivity contribution < 1.29 is 4.79 Å². The van der Waals surface area contributed by atoms with Gasteiger partial charge in [-0.25, -0.2) is 9.67 Å². The van der Waals surface area contributed by atoms with Crippen molar-refractivity contribution in [2.24, 2.45) is 0 Å². The van der Waals surface area contributed by atoms with Crippen LogP contribution in [0.4, 0.5) is 0 Å². The maximum atomic E-state index is 12.7. The van der Waals surface area contributed by atoms with E-state index in [1.54, 1.807) is 10.9 Å². The summed E-state index contributed by atoms with van der Waals surface area (Å²) < 4.78 is 1.73. The second kappa shape index (κ2) is 8.85. The average Bonchev–Trinajstić information content (AvgIpc) is 3.48. The Morgan fingerprint density at radius 2 is 1.56 bits per heavy atom. The topological polar surface area (TPSA) is 88.5 Å². The quantitative estimate of drug-likeness (QED) is 0.418. The fraction of sp³-hybridized carbons (Fsp3) is 0.120. The summed E-state index contributed by atoms with van der Waals surface area (Å²) in [7, 11) is 0. The van der Waals surface area contributed by atoms with Crippen LogP contribution in [0.2, 0.25) is 0 Å².